The first-order chi connectivity index (χ1) is 17.9. The largest absolute Gasteiger partial charge is 0.507 e. The third kappa shape index (κ3) is 5.14. The Bertz CT molecular complexity index is 1340. The molecular formula is C29H30N2O6. The molecule has 1 N–H and O–H groups in total. The van der Waals surface area contributed by atoms with E-state index in [9.17, 15) is 14.7 Å². The zero-order valence-corrected chi connectivity index (χ0v) is 21.4. The average molecular weight is 503 g/mol. The number of carbonyl (C=O) groups excluding carboxylic acids is 2. The number of benzene rings is 2. The zero-order valence-electron chi connectivity index (χ0n) is 21.4. The van der Waals surface area contributed by atoms with Crippen molar-refractivity contribution in [2.75, 3.05) is 20.8 Å². The molecule has 3 aromatic rings. The van der Waals surface area contributed by atoms with Gasteiger partial charge in [-0.05, 0) is 66.4 Å². The topological polar surface area (TPSA) is 98.2 Å². The van der Waals surface area contributed by atoms with Gasteiger partial charge in [0.1, 0.15) is 11.5 Å². The van der Waals surface area contributed by atoms with E-state index in [1.54, 1.807) is 54.9 Å². The lowest BCUT2D eigenvalue weighted by Gasteiger charge is -2.26. The van der Waals surface area contributed by atoms with Crippen molar-refractivity contribution in [3.8, 4) is 17.2 Å². The second-order valence-corrected chi connectivity index (χ2v) is 8.73. The highest BCUT2D eigenvalue weighted by atomic mass is 16.5. The van der Waals surface area contributed by atoms with Crippen LogP contribution in [0, 0.1) is 6.92 Å². The fourth-order valence-corrected chi connectivity index (χ4v) is 4.43. The highest BCUT2D eigenvalue weighted by Gasteiger charge is 2.46. The van der Waals surface area contributed by atoms with E-state index in [1.165, 1.54) is 19.1 Å². The molecule has 2 aromatic carbocycles. The van der Waals surface area contributed by atoms with Gasteiger partial charge in [0.15, 0.2) is 11.5 Å². The van der Waals surface area contributed by atoms with Crippen molar-refractivity contribution in [1.82, 2.24) is 9.88 Å². The minimum absolute atomic E-state index is 0.00253. The van der Waals surface area contributed by atoms with E-state index in [2.05, 4.69) is 4.98 Å². The maximum Gasteiger partial charge on any atom is 0.295 e. The Morgan fingerprint density at radius 1 is 1.03 bits per heavy atom. The van der Waals surface area contributed by atoms with E-state index in [0.29, 0.717) is 35.0 Å². The number of hydrogen-bond acceptors (Lipinski definition) is 7. The van der Waals surface area contributed by atoms with E-state index >= 15 is 0 Å². The van der Waals surface area contributed by atoms with Gasteiger partial charge >= 0.3 is 0 Å². The van der Waals surface area contributed by atoms with E-state index in [4.69, 9.17) is 14.2 Å². The number of methoxy groups -OCH3 is 2. The molecule has 37 heavy (non-hydrogen) atoms. The first-order valence-corrected chi connectivity index (χ1v) is 12.0. The molecule has 0 spiro atoms. The van der Waals surface area contributed by atoms with Crippen molar-refractivity contribution in [2.24, 2.45) is 0 Å². The van der Waals surface area contributed by atoms with Crippen LogP contribution in [0.2, 0.25) is 0 Å². The first kappa shape index (κ1) is 25.8. The van der Waals surface area contributed by atoms with Crippen molar-refractivity contribution >= 4 is 17.4 Å². The number of aliphatic hydroxyl groups excluding tert-OH is 1. The van der Waals surface area contributed by atoms with Crippen LogP contribution in [0.15, 0.2) is 66.5 Å². The van der Waals surface area contributed by atoms with Crippen molar-refractivity contribution < 1.29 is 28.9 Å². The van der Waals surface area contributed by atoms with Crippen LogP contribution in [-0.4, -0.2) is 47.5 Å². The summed E-state index contributed by atoms with van der Waals surface area (Å²) in [6.07, 6.45) is 4.15. The lowest BCUT2D eigenvalue weighted by molar-refractivity contribution is -0.140. The summed E-state index contributed by atoms with van der Waals surface area (Å²) >= 11 is 0. The van der Waals surface area contributed by atoms with Crippen molar-refractivity contribution in [1.29, 1.82) is 0 Å². The lowest BCUT2D eigenvalue weighted by atomic mass is 9.94. The number of nitrogens with zero attached hydrogens (tertiary/aromatic N) is 2. The molecule has 0 aliphatic carbocycles. The number of rotatable bonds is 9. The van der Waals surface area contributed by atoms with E-state index in [-0.39, 0.29) is 17.9 Å². The van der Waals surface area contributed by atoms with Gasteiger partial charge in [-0.3, -0.25) is 14.6 Å². The third-order valence-corrected chi connectivity index (χ3v) is 6.25. The van der Waals surface area contributed by atoms with Crippen LogP contribution in [0.1, 0.15) is 41.6 Å². The van der Waals surface area contributed by atoms with Gasteiger partial charge in [0.2, 0.25) is 0 Å². The maximum atomic E-state index is 13.4. The number of Topliss-reactive ketones (excluding diaryl/α,β-unsaturated/α-hetero) is 1. The number of ketones is 1. The predicted octanol–water partition coefficient (Wildman–Crippen LogP) is 4.82. The zero-order chi connectivity index (χ0) is 26.5. The molecule has 0 radical (unpaired) electrons. The Labute approximate surface area is 216 Å². The van der Waals surface area contributed by atoms with Crippen LogP contribution in [0.4, 0.5) is 0 Å². The number of likely N-dealkylation sites (tertiary alicyclic amines) is 1. The maximum absolute atomic E-state index is 13.4. The normalized spacial score (nSPS) is 16.6. The standard InChI is InChI=1S/C29H30N2O6/c1-5-13-37-22-10-9-21(14-18(22)2)27(32)25-26(20-8-11-23(35-3)24(15-20)36-4)31(29(34)28(25)33)17-19-7-6-12-30-16-19/h6-12,14-16,26,32H,5,13,17H2,1-4H3/b27-25+. The molecule has 0 bridgehead atoms. The molecule has 8 heteroatoms. The molecule has 1 amide bonds. The Kier molecular flexibility index (Phi) is 7.77. The first-order valence-electron chi connectivity index (χ1n) is 12.0. The van der Waals surface area contributed by atoms with Crippen LogP contribution >= 0.6 is 0 Å². The fraction of sp³-hybridized carbons (Fsp3) is 0.276. The molecule has 192 valence electrons. The van der Waals surface area contributed by atoms with Gasteiger partial charge in [-0.1, -0.05) is 19.1 Å². The quantitative estimate of drug-likeness (QED) is 0.255. The van der Waals surface area contributed by atoms with Gasteiger partial charge in [0, 0.05) is 24.5 Å². The van der Waals surface area contributed by atoms with Gasteiger partial charge < -0.3 is 24.2 Å². The fourth-order valence-electron chi connectivity index (χ4n) is 4.43. The van der Waals surface area contributed by atoms with Crippen LogP contribution in [0.3, 0.4) is 0 Å². The lowest BCUT2D eigenvalue weighted by Crippen LogP contribution is -2.29. The highest BCUT2D eigenvalue weighted by Crippen LogP contribution is 2.43. The molecule has 1 atom stereocenters. The Morgan fingerprint density at radius 3 is 2.43 bits per heavy atom. The Morgan fingerprint density at radius 2 is 1.78 bits per heavy atom. The van der Waals surface area contributed by atoms with Gasteiger partial charge in [-0.2, -0.15) is 0 Å². The number of aryl methyl sites for hydroxylation is 1. The number of carbonyl (C=O) groups is 2. The number of aromatic nitrogens is 1. The van der Waals surface area contributed by atoms with E-state index in [0.717, 1.165) is 17.5 Å². The summed E-state index contributed by atoms with van der Waals surface area (Å²) in [4.78, 5) is 32.2. The van der Waals surface area contributed by atoms with Crippen LogP contribution in [0.25, 0.3) is 5.76 Å². The molecule has 1 unspecified atom stereocenters. The van der Waals surface area contributed by atoms with Gasteiger partial charge in [-0.25, -0.2) is 0 Å². The van der Waals surface area contributed by atoms with Gasteiger partial charge in [0.25, 0.3) is 11.7 Å². The number of amides is 1. The second kappa shape index (κ2) is 11.2. The molecule has 0 saturated carbocycles. The number of aliphatic hydroxyl groups is 1. The summed E-state index contributed by atoms with van der Waals surface area (Å²) in [5.74, 6) is -0.0623. The summed E-state index contributed by atoms with van der Waals surface area (Å²) in [6, 6.07) is 13.1. The predicted molar refractivity (Wildman–Crippen MR) is 139 cm³/mol. The number of pyridine rings is 1. The molecule has 1 fully saturated rings. The minimum atomic E-state index is -0.851. The van der Waals surface area contributed by atoms with Crippen molar-refractivity contribution in [2.45, 2.75) is 32.9 Å². The Balaban J connectivity index is 1.85. The molecule has 1 aliphatic rings. The smallest absolute Gasteiger partial charge is 0.295 e. The van der Waals surface area contributed by atoms with Crippen LogP contribution in [-0.2, 0) is 16.1 Å². The number of ether oxygens (including phenoxy) is 3. The van der Waals surface area contributed by atoms with Crippen molar-refractivity contribution in [3.63, 3.8) is 0 Å². The van der Waals surface area contributed by atoms with Gasteiger partial charge in [-0.15, -0.1) is 0 Å². The van der Waals surface area contributed by atoms with Crippen LogP contribution < -0.4 is 14.2 Å². The molecular weight excluding hydrogens is 472 g/mol. The summed E-state index contributed by atoms with van der Waals surface area (Å²) in [6.45, 7) is 4.60. The van der Waals surface area contributed by atoms with E-state index < -0.39 is 17.7 Å². The summed E-state index contributed by atoms with van der Waals surface area (Å²) < 4.78 is 16.6. The summed E-state index contributed by atoms with van der Waals surface area (Å²) in [5, 5.41) is 11.4. The summed E-state index contributed by atoms with van der Waals surface area (Å²) in [5.41, 5.74) is 2.59. The second-order valence-electron chi connectivity index (χ2n) is 8.73. The molecule has 1 saturated heterocycles. The molecule has 4 rings (SSSR count). The number of hydrogen-bond donors (Lipinski definition) is 1. The monoisotopic (exact) mass is 502 g/mol. The summed E-state index contributed by atoms with van der Waals surface area (Å²) in [7, 11) is 3.04. The molecule has 1 aromatic heterocycles. The highest BCUT2D eigenvalue weighted by molar-refractivity contribution is 6.46. The van der Waals surface area contributed by atoms with E-state index in [1.807, 2.05) is 19.9 Å². The molecule has 1 aliphatic heterocycles. The minimum Gasteiger partial charge on any atom is -0.507 e. The third-order valence-electron chi connectivity index (χ3n) is 6.25. The Hall–Kier alpha value is -4.33. The van der Waals surface area contributed by atoms with Gasteiger partial charge in [0.05, 0.1) is 32.4 Å². The van der Waals surface area contributed by atoms with Crippen molar-refractivity contribution in [3.05, 3.63) is 88.8 Å². The SMILES string of the molecule is CCCOc1ccc(/C(O)=C2\C(=O)C(=O)N(Cc3cccnc3)C2c2ccc(OC)c(OC)c2)cc1C. The average Bonchev–Trinajstić information content (AvgIpc) is 3.17. The van der Waals surface area contributed by atoms with Crippen LogP contribution in [0.5, 0.6) is 17.2 Å². The molecule has 2 heterocycles. The molecule has 8 nitrogen and oxygen atoms in total.